The van der Waals surface area contributed by atoms with Crippen LogP contribution in [-0.4, -0.2) is 28.0 Å². The minimum atomic E-state index is -3.90. The molecule has 8 heteroatoms. The zero-order chi connectivity index (χ0) is 13.1. The first kappa shape index (κ1) is 13.4. The summed E-state index contributed by atoms with van der Waals surface area (Å²) in [4.78, 5) is 10.6. The normalized spacial score (nSPS) is 11.2. The van der Waals surface area contributed by atoms with E-state index in [4.69, 9.17) is 5.73 Å². The van der Waals surface area contributed by atoms with Gasteiger partial charge in [-0.1, -0.05) is 0 Å². The minimum absolute atomic E-state index is 0.222. The van der Waals surface area contributed by atoms with Gasteiger partial charge in [0, 0.05) is 0 Å². The highest BCUT2D eigenvalue weighted by atomic mass is 32.2. The topological polar surface area (TPSA) is 98.5 Å². The van der Waals surface area contributed by atoms with E-state index in [0.717, 1.165) is 25.3 Å². The Labute approximate surface area is 97.6 Å². The smallest absolute Gasteiger partial charge is 0.320 e. The average Bonchev–Trinajstić information content (AvgIpc) is 2.29. The second-order valence-corrected chi connectivity index (χ2v) is 4.85. The highest BCUT2D eigenvalue weighted by molar-refractivity contribution is 7.89. The molecule has 0 spiro atoms. The van der Waals surface area contributed by atoms with Gasteiger partial charge < -0.3 is 10.5 Å². The van der Waals surface area contributed by atoms with Crippen LogP contribution in [0.5, 0.6) is 0 Å². The highest BCUT2D eigenvalue weighted by Gasteiger charge is 2.16. The fourth-order valence-electron chi connectivity index (χ4n) is 0.998. The number of methoxy groups -OCH3 is 1. The Morgan fingerprint density at radius 2 is 2.18 bits per heavy atom. The van der Waals surface area contributed by atoms with Crippen LogP contribution in [0.2, 0.25) is 0 Å². The van der Waals surface area contributed by atoms with E-state index in [0.29, 0.717) is 0 Å². The lowest BCUT2D eigenvalue weighted by Crippen LogP contribution is -2.30. The molecule has 0 amide bonds. The van der Waals surface area contributed by atoms with E-state index in [1.165, 1.54) is 0 Å². The number of rotatable bonds is 4. The number of anilines is 1. The average molecular weight is 262 g/mol. The SMILES string of the molecule is COC(=O)CNS(=O)(=O)c1ccc(F)c(N)c1. The van der Waals surface area contributed by atoms with Gasteiger partial charge in [0.15, 0.2) is 0 Å². The summed E-state index contributed by atoms with van der Waals surface area (Å²) in [5.74, 6) is -1.44. The molecule has 17 heavy (non-hydrogen) atoms. The predicted octanol–water partition coefficient (Wildman–Crippen LogP) is -0.141. The molecule has 0 aliphatic rings. The quantitative estimate of drug-likeness (QED) is 0.581. The summed E-state index contributed by atoms with van der Waals surface area (Å²) in [6.45, 7) is -0.504. The van der Waals surface area contributed by atoms with Crippen molar-refractivity contribution in [2.24, 2.45) is 0 Å². The van der Waals surface area contributed by atoms with E-state index < -0.39 is 28.4 Å². The molecule has 6 nitrogen and oxygen atoms in total. The Morgan fingerprint density at radius 1 is 1.53 bits per heavy atom. The summed E-state index contributed by atoms with van der Waals surface area (Å²) >= 11 is 0. The number of benzene rings is 1. The van der Waals surface area contributed by atoms with E-state index in [1.54, 1.807) is 0 Å². The van der Waals surface area contributed by atoms with Gasteiger partial charge in [-0.05, 0) is 18.2 Å². The zero-order valence-electron chi connectivity index (χ0n) is 8.94. The Hall–Kier alpha value is -1.67. The van der Waals surface area contributed by atoms with E-state index in [9.17, 15) is 17.6 Å². The van der Waals surface area contributed by atoms with Crippen LogP contribution in [0, 0.1) is 5.82 Å². The lowest BCUT2D eigenvalue weighted by molar-refractivity contribution is -0.139. The maximum absolute atomic E-state index is 12.8. The monoisotopic (exact) mass is 262 g/mol. The fourth-order valence-corrected chi connectivity index (χ4v) is 2.00. The van der Waals surface area contributed by atoms with Crippen molar-refractivity contribution in [2.75, 3.05) is 19.4 Å². The number of carbonyl (C=O) groups excluding carboxylic acids is 1. The van der Waals surface area contributed by atoms with E-state index >= 15 is 0 Å². The molecule has 0 fully saturated rings. The maximum Gasteiger partial charge on any atom is 0.320 e. The number of nitrogen functional groups attached to an aromatic ring is 1. The van der Waals surface area contributed by atoms with Gasteiger partial charge in [0.05, 0.1) is 17.7 Å². The number of hydrogen-bond donors (Lipinski definition) is 2. The van der Waals surface area contributed by atoms with E-state index in [1.807, 2.05) is 4.72 Å². The van der Waals surface area contributed by atoms with Crippen molar-refractivity contribution in [3.8, 4) is 0 Å². The minimum Gasteiger partial charge on any atom is -0.468 e. The molecule has 94 valence electrons. The van der Waals surface area contributed by atoms with E-state index in [2.05, 4.69) is 4.74 Å². The predicted molar refractivity (Wildman–Crippen MR) is 58.0 cm³/mol. The lowest BCUT2D eigenvalue weighted by Gasteiger charge is -2.06. The van der Waals surface area contributed by atoms with Crippen molar-refractivity contribution < 1.29 is 22.3 Å². The number of hydrogen-bond acceptors (Lipinski definition) is 5. The summed E-state index contributed by atoms with van der Waals surface area (Å²) < 4.78 is 42.3. The molecule has 0 atom stereocenters. The summed E-state index contributed by atoms with van der Waals surface area (Å²) in [5.41, 5.74) is 4.95. The fraction of sp³-hybridized carbons (Fsp3) is 0.222. The van der Waals surface area contributed by atoms with Crippen LogP contribution < -0.4 is 10.5 Å². The van der Waals surface area contributed by atoms with Crippen molar-refractivity contribution in [1.82, 2.24) is 4.72 Å². The molecule has 0 radical (unpaired) electrons. The number of nitrogens with one attached hydrogen (secondary N) is 1. The first-order valence-corrected chi connectivity index (χ1v) is 5.96. The third-order valence-electron chi connectivity index (χ3n) is 1.91. The largest absolute Gasteiger partial charge is 0.468 e. The van der Waals surface area contributed by atoms with Crippen LogP contribution in [0.25, 0.3) is 0 Å². The van der Waals surface area contributed by atoms with E-state index in [-0.39, 0.29) is 10.6 Å². The number of ether oxygens (including phenoxy) is 1. The number of nitrogens with two attached hydrogens (primary N) is 1. The summed E-state index contributed by atoms with van der Waals surface area (Å²) in [6.07, 6.45) is 0. The molecule has 0 heterocycles. The van der Waals surface area contributed by atoms with Crippen molar-refractivity contribution in [2.45, 2.75) is 4.90 Å². The summed E-state index contributed by atoms with van der Waals surface area (Å²) in [5, 5.41) is 0. The third kappa shape index (κ3) is 3.40. The molecule has 0 aliphatic carbocycles. The molecule has 0 saturated carbocycles. The van der Waals surface area contributed by atoms with Gasteiger partial charge in [-0.2, -0.15) is 4.72 Å². The summed E-state index contributed by atoms with van der Waals surface area (Å²) in [7, 11) is -2.77. The highest BCUT2D eigenvalue weighted by Crippen LogP contribution is 2.16. The molecule has 1 aromatic rings. The Bertz CT molecular complexity index is 530. The van der Waals surface area contributed by atoms with Crippen LogP contribution in [0.4, 0.5) is 10.1 Å². The van der Waals surface area contributed by atoms with Crippen molar-refractivity contribution >= 4 is 21.7 Å². The van der Waals surface area contributed by atoms with Gasteiger partial charge in [0.2, 0.25) is 10.0 Å². The van der Waals surface area contributed by atoms with Gasteiger partial charge in [-0.25, -0.2) is 12.8 Å². The molecule has 0 aliphatic heterocycles. The van der Waals surface area contributed by atoms with Crippen LogP contribution >= 0.6 is 0 Å². The Balaban J connectivity index is 2.90. The van der Waals surface area contributed by atoms with Gasteiger partial charge in [0.25, 0.3) is 0 Å². The number of carbonyl (C=O) groups is 1. The van der Waals surface area contributed by atoms with Crippen LogP contribution in [-0.2, 0) is 19.6 Å². The molecule has 1 rings (SSSR count). The van der Waals surface area contributed by atoms with Gasteiger partial charge in [-0.3, -0.25) is 4.79 Å². The second-order valence-electron chi connectivity index (χ2n) is 3.08. The molecule has 0 saturated heterocycles. The molecule has 0 aromatic heterocycles. The molecule has 3 N–H and O–H groups in total. The van der Waals surface area contributed by atoms with Crippen LogP contribution in [0.3, 0.4) is 0 Å². The summed E-state index contributed by atoms with van der Waals surface area (Å²) in [6, 6.07) is 2.95. The van der Waals surface area contributed by atoms with Crippen molar-refractivity contribution in [3.05, 3.63) is 24.0 Å². The molecule has 0 unspecified atom stereocenters. The first-order valence-electron chi connectivity index (χ1n) is 4.48. The van der Waals surface area contributed by atoms with Gasteiger partial charge in [-0.15, -0.1) is 0 Å². The van der Waals surface area contributed by atoms with Crippen molar-refractivity contribution in [3.63, 3.8) is 0 Å². The second kappa shape index (κ2) is 5.11. The molecular weight excluding hydrogens is 251 g/mol. The number of esters is 1. The lowest BCUT2D eigenvalue weighted by atomic mass is 10.3. The standard InChI is InChI=1S/C9H11FN2O4S/c1-16-9(13)5-12-17(14,15)6-2-3-7(10)8(11)4-6/h2-4,12H,5,11H2,1H3. The number of halogens is 1. The van der Waals surface area contributed by atoms with Crippen LogP contribution in [0.15, 0.2) is 23.1 Å². The third-order valence-corrected chi connectivity index (χ3v) is 3.31. The maximum atomic E-state index is 12.8. The number of sulfonamides is 1. The first-order chi connectivity index (χ1) is 7.86. The molecule has 0 bridgehead atoms. The Kier molecular flexibility index (Phi) is 4.02. The molecule has 1 aromatic carbocycles. The zero-order valence-corrected chi connectivity index (χ0v) is 9.75. The Morgan fingerprint density at radius 3 is 2.71 bits per heavy atom. The van der Waals surface area contributed by atoms with Gasteiger partial charge >= 0.3 is 5.97 Å². The van der Waals surface area contributed by atoms with Gasteiger partial charge in [0.1, 0.15) is 12.4 Å². The molecular formula is C9H11FN2O4S. The van der Waals surface area contributed by atoms with Crippen molar-refractivity contribution in [1.29, 1.82) is 0 Å². The van der Waals surface area contributed by atoms with Crippen LogP contribution in [0.1, 0.15) is 0 Å².